The van der Waals surface area contributed by atoms with Gasteiger partial charge in [-0.3, -0.25) is 9.59 Å². The molecule has 0 aliphatic heterocycles. The maximum Gasteiger partial charge on any atom is 0.326 e. The fourth-order valence-electron chi connectivity index (χ4n) is 1.95. The molecule has 0 radical (unpaired) electrons. The number of carbonyl (C=O) groups is 3. The van der Waals surface area contributed by atoms with Crippen LogP contribution in [0.1, 0.15) is 30.6 Å². The fraction of sp³-hybridized carbons (Fsp3) is 0.400. The molecule has 1 aromatic carbocycles. The van der Waals surface area contributed by atoms with E-state index in [0.29, 0.717) is 0 Å². The molecule has 126 valence electrons. The van der Waals surface area contributed by atoms with Gasteiger partial charge < -0.3 is 15.2 Å². The molecular formula is C15H17F2NO5. The highest BCUT2D eigenvalue weighted by molar-refractivity contribution is 5.97. The Labute approximate surface area is 131 Å². The maximum atomic E-state index is 13.6. The maximum absolute atomic E-state index is 13.6. The number of rotatable bonds is 7. The second kappa shape index (κ2) is 8.21. The summed E-state index contributed by atoms with van der Waals surface area (Å²) in [6.45, 7) is 3.17. The van der Waals surface area contributed by atoms with Gasteiger partial charge in [0, 0.05) is 0 Å². The quantitative estimate of drug-likeness (QED) is 0.743. The minimum absolute atomic E-state index is 0.143. The monoisotopic (exact) mass is 329 g/mol. The topological polar surface area (TPSA) is 92.7 Å². The number of benzene rings is 1. The summed E-state index contributed by atoms with van der Waals surface area (Å²) in [7, 11) is 0. The molecular weight excluding hydrogens is 312 g/mol. The van der Waals surface area contributed by atoms with Gasteiger partial charge in [-0.15, -0.1) is 0 Å². The number of esters is 1. The lowest BCUT2D eigenvalue weighted by molar-refractivity contribution is -0.145. The van der Waals surface area contributed by atoms with E-state index in [1.54, 1.807) is 6.92 Å². The van der Waals surface area contributed by atoms with Crippen molar-refractivity contribution in [3.63, 3.8) is 0 Å². The third-order valence-electron chi connectivity index (χ3n) is 3.11. The van der Waals surface area contributed by atoms with Gasteiger partial charge in [0.15, 0.2) is 11.6 Å². The van der Waals surface area contributed by atoms with Gasteiger partial charge in [-0.1, -0.05) is 13.0 Å². The third kappa shape index (κ3) is 5.01. The molecule has 0 aromatic heterocycles. The Hall–Kier alpha value is -2.51. The highest BCUT2D eigenvalue weighted by Crippen LogP contribution is 2.14. The summed E-state index contributed by atoms with van der Waals surface area (Å²) >= 11 is 0. The highest BCUT2D eigenvalue weighted by Gasteiger charge is 2.30. The van der Waals surface area contributed by atoms with Crippen molar-refractivity contribution in [2.45, 2.75) is 26.3 Å². The van der Waals surface area contributed by atoms with Crippen LogP contribution in [0.4, 0.5) is 8.78 Å². The van der Waals surface area contributed by atoms with Crippen LogP contribution in [0.5, 0.6) is 0 Å². The predicted molar refractivity (Wildman–Crippen MR) is 75.7 cm³/mol. The smallest absolute Gasteiger partial charge is 0.326 e. The Balaban J connectivity index is 2.87. The Morgan fingerprint density at radius 1 is 1.30 bits per heavy atom. The van der Waals surface area contributed by atoms with Gasteiger partial charge >= 0.3 is 11.9 Å². The lowest BCUT2D eigenvalue weighted by Crippen LogP contribution is -2.46. The lowest BCUT2D eigenvalue weighted by atomic mass is 9.98. The van der Waals surface area contributed by atoms with Gasteiger partial charge in [-0.05, 0) is 25.0 Å². The van der Waals surface area contributed by atoms with Crippen molar-refractivity contribution in [1.29, 1.82) is 0 Å². The summed E-state index contributed by atoms with van der Waals surface area (Å²) < 4.78 is 31.4. The van der Waals surface area contributed by atoms with Crippen molar-refractivity contribution >= 4 is 17.8 Å². The Kier molecular flexibility index (Phi) is 6.62. The average molecular weight is 329 g/mol. The Morgan fingerprint density at radius 3 is 2.52 bits per heavy atom. The molecule has 23 heavy (non-hydrogen) atoms. The van der Waals surface area contributed by atoms with E-state index in [1.807, 2.05) is 0 Å². The number of aliphatic carboxylic acids is 1. The number of amides is 1. The van der Waals surface area contributed by atoms with Crippen molar-refractivity contribution in [2.75, 3.05) is 6.61 Å². The molecule has 0 heterocycles. The van der Waals surface area contributed by atoms with E-state index in [4.69, 9.17) is 4.74 Å². The summed E-state index contributed by atoms with van der Waals surface area (Å²) in [5.74, 6) is -6.47. The molecule has 1 rings (SSSR count). The zero-order valence-corrected chi connectivity index (χ0v) is 12.6. The van der Waals surface area contributed by atoms with Crippen LogP contribution in [0.15, 0.2) is 18.2 Å². The number of ether oxygens (including phenoxy) is 1. The SMILES string of the molecule is CCOC(=O)C[C@H](C)[C@H](NC(=O)c1cccc(F)c1F)C(=O)O. The number of carbonyl (C=O) groups excluding carboxylic acids is 2. The van der Waals surface area contributed by atoms with E-state index in [2.05, 4.69) is 5.32 Å². The highest BCUT2D eigenvalue weighted by atomic mass is 19.2. The molecule has 2 atom stereocenters. The molecule has 8 heteroatoms. The molecule has 2 N–H and O–H groups in total. The summed E-state index contributed by atoms with van der Waals surface area (Å²) in [6, 6.07) is 1.55. The third-order valence-corrected chi connectivity index (χ3v) is 3.11. The first-order chi connectivity index (χ1) is 10.8. The van der Waals surface area contributed by atoms with E-state index in [-0.39, 0.29) is 13.0 Å². The van der Waals surface area contributed by atoms with Gasteiger partial charge in [-0.25, -0.2) is 13.6 Å². The van der Waals surface area contributed by atoms with Crippen LogP contribution in [-0.2, 0) is 14.3 Å². The van der Waals surface area contributed by atoms with Crippen LogP contribution in [0.25, 0.3) is 0 Å². The van der Waals surface area contributed by atoms with Gasteiger partial charge in [0.1, 0.15) is 6.04 Å². The zero-order chi connectivity index (χ0) is 17.6. The molecule has 0 bridgehead atoms. The van der Waals surface area contributed by atoms with Gasteiger partial charge in [0.05, 0.1) is 18.6 Å². The Bertz CT molecular complexity index is 606. The van der Waals surface area contributed by atoms with Gasteiger partial charge in [-0.2, -0.15) is 0 Å². The normalized spacial score (nSPS) is 13.0. The number of carboxylic acid groups (broad SMARTS) is 1. The van der Waals surface area contributed by atoms with Crippen LogP contribution in [0.3, 0.4) is 0 Å². The van der Waals surface area contributed by atoms with E-state index >= 15 is 0 Å². The predicted octanol–water partition coefficient (Wildman–Crippen LogP) is 1.74. The van der Waals surface area contributed by atoms with Gasteiger partial charge in [0.2, 0.25) is 0 Å². The van der Waals surface area contributed by atoms with Crippen molar-refractivity contribution in [2.24, 2.45) is 5.92 Å². The Morgan fingerprint density at radius 2 is 1.96 bits per heavy atom. The first-order valence-electron chi connectivity index (χ1n) is 6.91. The number of nitrogens with one attached hydrogen (secondary N) is 1. The summed E-state index contributed by atoms with van der Waals surface area (Å²) in [6.07, 6.45) is -0.239. The van der Waals surface area contributed by atoms with Crippen molar-refractivity contribution in [3.05, 3.63) is 35.4 Å². The molecule has 1 aromatic rings. The van der Waals surface area contributed by atoms with Crippen molar-refractivity contribution in [1.82, 2.24) is 5.32 Å². The van der Waals surface area contributed by atoms with Crippen LogP contribution in [0.2, 0.25) is 0 Å². The second-order valence-corrected chi connectivity index (χ2v) is 4.88. The number of hydrogen-bond acceptors (Lipinski definition) is 4. The number of halogens is 2. The van der Waals surface area contributed by atoms with Crippen molar-refractivity contribution in [3.8, 4) is 0 Å². The van der Waals surface area contributed by atoms with Crippen LogP contribution in [-0.4, -0.2) is 35.6 Å². The molecule has 0 fully saturated rings. The number of carboxylic acids is 1. The summed E-state index contributed by atoms with van der Waals surface area (Å²) in [5, 5.41) is 11.3. The average Bonchev–Trinajstić information content (AvgIpc) is 2.47. The summed E-state index contributed by atoms with van der Waals surface area (Å²) in [5.41, 5.74) is -0.611. The van der Waals surface area contributed by atoms with E-state index in [1.165, 1.54) is 6.92 Å². The molecule has 0 unspecified atom stereocenters. The lowest BCUT2D eigenvalue weighted by Gasteiger charge is -2.21. The van der Waals surface area contributed by atoms with E-state index in [0.717, 1.165) is 18.2 Å². The number of hydrogen-bond donors (Lipinski definition) is 2. The molecule has 0 saturated heterocycles. The van der Waals surface area contributed by atoms with Crippen LogP contribution < -0.4 is 5.32 Å². The minimum atomic E-state index is -1.45. The summed E-state index contributed by atoms with van der Waals surface area (Å²) in [4.78, 5) is 34.6. The standard InChI is InChI=1S/C15H17F2NO5/c1-3-23-11(19)7-8(2)13(15(21)22)18-14(20)9-5-4-6-10(16)12(9)17/h4-6,8,13H,3,7H2,1-2H3,(H,18,20)(H,21,22)/t8-,13-/m0/s1. The van der Waals surface area contributed by atoms with E-state index in [9.17, 15) is 28.3 Å². The van der Waals surface area contributed by atoms with Gasteiger partial charge in [0.25, 0.3) is 5.91 Å². The van der Waals surface area contributed by atoms with Crippen LogP contribution in [0, 0.1) is 17.6 Å². The second-order valence-electron chi connectivity index (χ2n) is 4.88. The molecule has 6 nitrogen and oxygen atoms in total. The van der Waals surface area contributed by atoms with Crippen LogP contribution >= 0.6 is 0 Å². The molecule has 0 aliphatic carbocycles. The molecule has 1 amide bonds. The first kappa shape index (κ1) is 18.5. The molecule has 0 saturated carbocycles. The largest absolute Gasteiger partial charge is 0.480 e. The molecule has 0 spiro atoms. The molecule has 0 aliphatic rings. The first-order valence-corrected chi connectivity index (χ1v) is 6.91. The zero-order valence-electron chi connectivity index (χ0n) is 12.6. The van der Waals surface area contributed by atoms with Crippen molar-refractivity contribution < 1.29 is 33.0 Å². The van der Waals surface area contributed by atoms with E-state index < -0.39 is 47.0 Å². The fourth-order valence-corrected chi connectivity index (χ4v) is 1.95. The minimum Gasteiger partial charge on any atom is -0.480 e.